The quantitative estimate of drug-likeness (QED) is 0.794. The maximum atomic E-state index is 5.46. The zero-order valence-electron chi connectivity index (χ0n) is 12.0. The molecule has 3 fully saturated rings. The van der Waals surface area contributed by atoms with Crippen molar-refractivity contribution in [2.75, 3.05) is 51.7 Å². The average molecular weight is 284 g/mol. The first kappa shape index (κ1) is 14.2. The number of thiol groups is 1. The van der Waals surface area contributed by atoms with Crippen molar-refractivity contribution < 1.29 is 4.74 Å². The fourth-order valence-corrected chi connectivity index (χ4v) is 4.58. The molecule has 0 N–H and O–H groups in total. The number of hydrogen-bond donors (Lipinski definition) is 1. The Morgan fingerprint density at radius 2 is 1.84 bits per heavy atom. The molecule has 3 nitrogen and oxygen atoms in total. The van der Waals surface area contributed by atoms with Gasteiger partial charge in [-0.05, 0) is 37.0 Å². The molecular formula is C15H28N2OS. The molecule has 0 amide bonds. The van der Waals surface area contributed by atoms with Crippen LogP contribution in [0.5, 0.6) is 0 Å². The Morgan fingerprint density at radius 3 is 2.53 bits per heavy atom. The Hall–Kier alpha value is 0.230. The summed E-state index contributed by atoms with van der Waals surface area (Å²) in [5.41, 5.74) is 0.531. The van der Waals surface area contributed by atoms with Crippen molar-refractivity contribution in [1.82, 2.24) is 9.80 Å². The molecule has 1 atom stereocenters. The normalized spacial score (nSPS) is 33.0. The second kappa shape index (κ2) is 6.33. The first-order valence-electron chi connectivity index (χ1n) is 7.96. The van der Waals surface area contributed by atoms with E-state index in [1.54, 1.807) is 0 Å². The van der Waals surface area contributed by atoms with Crippen LogP contribution in [0.4, 0.5) is 0 Å². The van der Waals surface area contributed by atoms with E-state index in [1.807, 2.05) is 0 Å². The average Bonchev–Trinajstić information content (AvgIpc) is 3.10. The van der Waals surface area contributed by atoms with E-state index in [0.717, 1.165) is 38.1 Å². The molecule has 0 bridgehead atoms. The Labute approximate surface area is 123 Å². The van der Waals surface area contributed by atoms with Gasteiger partial charge in [0.25, 0.3) is 0 Å². The second-order valence-corrected chi connectivity index (χ2v) is 7.01. The monoisotopic (exact) mass is 284 g/mol. The predicted octanol–water partition coefficient (Wildman–Crippen LogP) is 1.88. The van der Waals surface area contributed by atoms with Crippen molar-refractivity contribution >= 4 is 12.6 Å². The van der Waals surface area contributed by atoms with Crippen molar-refractivity contribution in [2.24, 2.45) is 5.41 Å². The summed E-state index contributed by atoms with van der Waals surface area (Å²) in [4.78, 5) is 5.35. The summed E-state index contributed by atoms with van der Waals surface area (Å²) >= 11 is 4.64. The molecule has 19 heavy (non-hydrogen) atoms. The van der Waals surface area contributed by atoms with Gasteiger partial charge in [-0.2, -0.15) is 12.6 Å². The highest BCUT2D eigenvalue weighted by Gasteiger charge is 2.37. The van der Waals surface area contributed by atoms with E-state index < -0.39 is 0 Å². The van der Waals surface area contributed by atoms with Crippen molar-refractivity contribution in [3.63, 3.8) is 0 Å². The number of likely N-dealkylation sites (tertiary alicyclic amines) is 1. The summed E-state index contributed by atoms with van der Waals surface area (Å²) in [6.07, 6.45) is 6.98. The Balaban J connectivity index is 1.51. The molecule has 2 saturated heterocycles. The van der Waals surface area contributed by atoms with Crippen LogP contribution in [0.3, 0.4) is 0 Å². The van der Waals surface area contributed by atoms with Crippen LogP contribution in [0, 0.1) is 5.41 Å². The molecule has 0 spiro atoms. The summed E-state index contributed by atoms with van der Waals surface area (Å²) in [6.45, 7) is 7.98. The molecule has 1 unspecified atom stereocenters. The van der Waals surface area contributed by atoms with Crippen molar-refractivity contribution in [2.45, 2.75) is 38.1 Å². The zero-order chi connectivity index (χ0) is 13.1. The highest BCUT2D eigenvalue weighted by atomic mass is 32.1. The molecule has 2 heterocycles. The highest BCUT2D eigenvalue weighted by Crippen LogP contribution is 2.40. The van der Waals surface area contributed by atoms with Crippen LogP contribution in [-0.4, -0.2) is 67.5 Å². The lowest BCUT2D eigenvalue weighted by Gasteiger charge is -2.34. The van der Waals surface area contributed by atoms with Gasteiger partial charge in [-0.1, -0.05) is 12.8 Å². The smallest absolute Gasteiger partial charge is 0.0594 e. The Bertz CT molecular complexity index is 288. The number of rotatable bonds is 4. The van der Waals surface area contributed by atoms with Crippen LogP contribution in [0.2, 0.25) is 0 Å². The number of morpholine rings is 1. The molecule has 3 rings (SSSR count). The maximum Gasteiger partial charge on any atom is 0.0594 e. The van der Waals surface area contributed by atoms with Crippen LogP contribution in [0.15, 0.2) is 0 Å². The van der Waals surface area contributed by atoms with Crippen molar-refractivity contribution in [3.8, 4) is 0 Å². The minimum Gasteiger partial charge on any atom is -0.379 e. The van der Waals surface area contributed by atoms with Crippen molar-refractivity contribution in [1.29, 1.82) is 0 Å². The third-order valence-corrected chi connectivity index (χ3v) is 6.04. The van der Waals surface area contributed by atoms with Crippen LogP contribution >= 0.6 is 12.6 Å². The number of ether oxygens (including phenoxy) is 1. The molecule has 2 aliphatic heterocycles. The van der Waals surface area contributed by atoms with E-state index in [9.17, 15) is 0 Å². The SMILES string of the molecule is SCC1(CN2CCC(N3CCOCC3)C2)CCCC1. The lowest BCUT2D eigenvalue weighted by molar-refractivity contribution is 0.0178. The van der Waals surface area contributed by atoms with Crippen LogP contribution < -0.4 is 0 Å². The maximum absolute atomic E-state index is 5.46. The van der Waals surface area contributed by atoms with Gasteiger partial charge in [0, 0.05) is 32.2 Å². The molecule has 4 heteroatoms. The third-order valence-electron chi connectivity index (χ3n) is 5.37. The van der Waals surface area contributed by atoms with Gasteiger partial charge in [-0.25, -0.2) is 0 Å². The van der Waals surface area contributed by atoms with E-state index in [2.05, 4.69) is 22.4 Å². The van der Waals surface area contributed by atoms with E-state index in [4.69, 9.17) is 4.74 Å². The summed E-state index contributed by atoms with van der Waals surface area (Å²) in [5.74, 6) is 1.08. The minimum atomic E-state index is 0.531. The number of nitrogens with zero attached hydrogens (tertiary/aromatic N) is 2. The van der Waals surface area contributed by atoms with Gasteiger partial charge in [-0.3, -0.25) is 4.90 Å². The van der Waals surface area contributed by atoms with Gasteiger partial charge in [-0.15, -0.1) is 0 Å². The zero-order valence-corrected chi connectivity index (χ0v) is 12.9. The first-order valence-corrected chi connectivity index (χ1v) is 8.60. The molecule has 110 valence electrons. The van der Waals surface area contributed by atoms with Gasteiger partial charge < -0.3 is 9.64 Å². The molecular weight excluding hydrogens is 256 g/mol. The van der Waals surface area contributed by atoms with Crippen LogP contribution in [-0.2, 0) is 4.74 Å². The Morgan fingerprint density at radius 1 is 1.11 bits per heavy atom. The summed E-state index contributed by atoms with van der Waals surface area (Å²) in [6, 6.07) is 0.780. The summed E-state index contributed by atoms with van der Waals surface area (Å²) in [7, 11) is 0. The van der Waals surface area contributed by atoms with E-state index in [0.29, 0.717) is 5.41 Å². The van der Waals surface area contributed by atoms with Crippen LogP contribution in [0.1, 0.15) is 32.1 Å². The molecule has 0 aromatic carbocycles. The van der Waals surface area contributed by atoms with Crippen molar-refractivity contribution in [3.05, 3.63) is 0 Å². The summed E-state index contributed by atoms with van der Waals surface area (Å²) in [5, 5.41) is 0. The number of hydrogen-bond acceptors (Lipinski definition) is 4. The summed E-state index contributed by atoms with van der Waals surface area (Å²) < 4.78 is 5.46. The largest absolute Gasteiger partial charge is 0.379 e. The lowest BCUT2D eigenvalue weighted by atomic mass is 9.88. The highest BCUT2D eigenvalue weighted by molar-refractivity contribution is 7.80. The first-order chi connectivity index (χ1) is 9.31. The minimum absolute atomic E-state index is 0.531. The molecule has 1 aliphatic carbocycles. The van der Waals surface area contributed by atoms with Crippen LogP contribution in [0.25, 0.3) is 0 Å². The third kappa shape index (κ3) is 3.29. The van der Waals surface area contributed by atoms with E-state index in [-0.39, 0.29) is 0 Å². The van der Waals surface area contributed by atoms with Gasteiger partial charge in [0.2, 0.25) is 0 Å². The predicted molar refractivity (Wildman–Crippen MR) is 82.0 cm³/mol. The Kier molecular flexibility index (Phi) is 4.73. The molecule has 0 aromatic rings. The van der Waals surface area contributed by atoms with Gasteiger partial charge >= 0.3 is 0 Å². The second-order valence-electron chi connectivity index (χ2n) is 6.69. The van der Waals surface area contributed by atoms with E-state index >= 15 is 0 Å². The standard InChI is InChI=1S/C15H28N2OS/c19-13-15(4-1-2-5-15)12-16-6-3-14(11-16)17-7-9-18-10-8-17/h14,19H,1-13H2. The van der Waals surface area contributed by atoms with Gasteiger partial charge in [0.1, 0.15) is 0 Å². The molecule has 3 aliphatic rings. The molecule has 0 radical (unpaired) electrons. The molecule has 1 saturated carbocycles. The van der Waals surface area contributed by atoms with Gasteiger partial charge in [0.05, 0.1) is 13.2 Å². The fraction of sp³-hybridized carbons (Fsp3) is 1.00. The van der Waals surface area contributed by atoms with E-state index in [1.165, 1.54) is 51.7 Å². The lowest BCUT2D eigenvalue weighted by Crippen LogP contribution is -2.45. The van der Waals surface area contributed by atoms with Gasteiger partial charge in [0.15, 0.2) is 0 Å². The molecule has 0 aromatic heterocycles. The topological polar surface area (TPSA) is 15.7 Å². The fourth-order valence-electron chi connectivity index (χ4n) is 4.16.